The van der Waals surface area contributed by atoms with Crippen molar-refractivity contribution >= 4 is 17.7 Å². The first-order chi connectivity index (χ1) is 10.4. The summed E-state index contributed by atoms with van der Waals surface area (Å²) in [4.78, 5) is 3.92. The van der Waals surface area contributed by atoms with Gasteiger partial charge in [-0.2, -0.15) is 0 Å². The van der Waals surface area contributed by atoms with Crippen molar-refractivity contribution in [3.05, 3.63) is 35.1 Å². The predicted octanol–water partition coefficient (Wildman–Crippen LogP) is 4.98. The molecule has 1 aromatic rings. The van der Waals surface area contributed by atoms with E-state index in [4.69, 9.17) is 0 Å². The van der Waals surface area contributed by atoms with Crippen LogP contribution in [0.25, 0.3) is 0 Å². The molecule has 0 amide bonds. The zero-order valence-electron chi connectivity index (χ0n) is 13.3. The highest BCUT2D eigenvalue weighted by atomic mass is 32.2. The molecule has 1 N–H and O–H groups in total. The number of halogens is 3. The number of nitrogens with one attached hydrogen (secondary N) is 1. The Morgan fingerprint density at radius 2 is 2.05 bits per heavy atom. The summed E-state index contributed by atoms with van der Waals surface area (Å²) in [6, 6.07) is 4.77. The molecule has 0 atom stereocenters. The maximum absolute atomic E-state index is 14.0. The minimum absolute atomic E-state index is 0.0712. The second-order valence-electron chi connectivity index (χ2n) is 5.10. The van der Waals surface area contributed by atoms with Crippen molar-refractivity contribution in [3.8, 4) is 0 Å². The summed E-state index contributed by atoms with van der Waals surface area (Å²) in [5.74, 6) is -2.29. The van der Waals surface area contributed by atoms with Crippen LogP contribution >= 0.6 is 11.9 Å². The molecule has 0 saturated carbocycles. The Morgan fingerprint density at radius 3 is 2.59 bits per heavy atom. The van der Waals surface area contributed by atoms with Crippen molar-refractivity contribution in [3.63, 3.8) is 0 Å². The molecule has 124 valence electrons. The van der Waals surface area contributed by atoms with E-state index in [1.165, 1.54) is 6.07 Å². The van der Waals surface area contributed by atoms with Crippen LogP contribution in [0, 0.1) is 5.82 Å². The van der Waals surface area contributed by atoms with Crippen LogP contribution in [0.1, 0.15) is 44.7 Å². The second-order valence-corrected chi connectivity index (χ2v) is 6.09. The van der Waals surface area contributed by atoms with Crippen LogP contribution < -0.4 is 4.72 Å². The molecule has 0 heterocycles. The summed E-state index contributed by atoms with van der Waals surface area (Å²) in [5, 5.41) is 0. The maximum atomic E-state index is 14.0. The SMILES string of the molecule is CCCSNCc1ccc(CN=C(CC)C(C)(F)F)cc1F. The molecule has 0 bridgehead atoms. The summed E-state index contributed by atoms with van der Waals surface area (Å²) in [7, 11) is 0. The third kappa shape index (κ3) is 6.40. The molecule has 0 unspecified atom stereocenters. The molecule has 0 radical (unpaired) electrons. The van der Waals surface area contributed by atoms with E-state index in [-0.39, 0.29) is 24.5 Å². The number of aliphatic imine (C=N–C) groups is 1. The van der Waals surface area contributed by atoms with Crippen molar-refractivity contribution in [2.45, 2.75) is 52.6 Å². The van der Waals surface area contributed by atoms with Gasteiger partial charge in [0.15, 0.2) is 0 Å². The quantitative estimate of drug-likeness (QED) is 0.392. The van der Waals surface area contributed by atoms with E-state index in [0.29, 0.717) is 17.7 Å². The molecule has 1 aromatic carbocycles. The molecular weight excluding hydrogens is 309 g/mol. The Morgan fingerprint density at radius 1 is 1.32 bits per heavy atom. The van der Waals surface area contributed by atoms with Crippen LogP contribution in [0.2, 0.25) is 0 Å². The van der Waals surface area contributed by atoms with Gasteiger partial charge in [0.25, 0.3) is 5.92 Å². The minimum atomic E-state index is -2.92. The van der Waals surface area contributed by atoms with Crippen LogP contribution in [-0.4, -0.2) is 17.4 Å². The van der Waals surface area contributed by atoms with Crippen LogP contribution in [0.3, 0.4) is 0 Å². The summed E-state index contributed by atoms with van der Waals surface area (Å²) in [6.45, 7) is 5.06. The fourth-order valence-corrected chi connectivity index (χ4v) is 2.49. The van der Waals surface area contributed by atoms with E-state index in [1.54, 1.807) is 31.0 Å². The number of rotatable bonds is 9. The third-order valence-electron chi connectivity index (χ3n) is 3.08. The normalized spacial score (nSPS) is 12.7. The highest BCUT2D eigenvalue weighted by molar-refractivity contribution is 7.97. The molecule has 0 spiro atoms. The molecule has 0 fully saturated rings. The number of nitrogens with zero attached hydrogens (tertiary/aromatic N) is 1. The highest BCUT2D eigenvalue weighted by Gasteiger charge is 2.27. The van der Waals surface area contributed by atoms with Gasteiger partial charge < -0.3 is 0 Å². The van der Waals surface area contributed by atoms with Gasteiger partial charge in [-0.05, 0) is 24.5 Å². The molecule has 22 heavy (non-hydrogen) atoms. The Kier molecular flexibility index (Phi) is 7.96. The Labute approximate surface area is 134 Å². The minimum Gasteiger partial charge on any atom is -0.283 e. The Bertz CT molecular complexity index is 499. The summed E-state index contributed by atoms with van der Waals surface area (Å²) in [6.07, 6.45) is 1.24. The number of hydrogen-bond acceptors (Lipinski definition) is 3. The van der Waals surface area contributed by atoms with Crippen LogP contribution in [-0.2, 0) is 13.1 Å². The largest absolute Gasteiger partial charge is 0.283 e. The van der Waals surface area contributed by atoms with Crippen LogP contribution in [0.15, 0.2) is 23.2 Å². The van der Waals surface area contributed by atoms with Crippen molar-refractivity contribution < 1.29 is 13.2 Å². The van der Waals surface area contributed by atoms with E-state index in [1.807, 2.05) is 0 Å². The average molecular weight is 332 g/mol. The third-order valence-corrected chi connectivity index (χ3v) is 4.04. The average Bonchev–Trinajstić information content (AvgIpc) is 2.44. The Hall–Kier alpha value is -1.01. The first-order valence-corrected chi connectivity index (χ1v) is 8.40. The highest BCUT2D eigenvalue weighted by Crippen LogP contribution is 2.18. The van der Waals surface area contributed by atoms with Crippen LogP contribution in [0.4, 0.5) is 13.2 Å². The van der Waals surface area contributed by atoms with Gasteiger partial charge in [-0.3, -0.25) is 9.71 Å². The van der Waals surface area contributed by atoms with Crippen molar-refractivity contribution in [1.82, 2.24) is 4.72 Å². The van der Waals surface area contributed by atoms with E-state index in [2.05, 4.69) is 16.6 Å². The van der Waals surface area contributed by atoms with Crippen molar-refractivity contribution in [2.24, 2.45) is 4.99 Å². The molecule has 0 saturated heterocycles. The molecule has 0 aliphatic rings. The molecule has 0 aliphatic heterocycles. The van der Waals surface area contributed by atoms with Gasteiger partial charge in [-0.1, -0.05) is 37.9 Å². The lowest BCUT2D eigenvalue weighted by Crippen LogP contribution is -2.23. The summed E-state index contributed by atoms with van der Waals surface area (Å²) < 4.78 is 43.5. The fourth-order valence-electron chi connectivity index (χ4n) is 1.88. The maximum Gasteiger partial charge on any atom is 0.282 e. The van der Waals surface area contributed by atoms with E-state index in [0.717, 1.165) is 19.1 Å². The van der Waals surface area contributed by atoms with Gasteiger partial charge in [0.05, 0.1) is 12.3 Å². The molecule has 0 aromatic heterocycles. The topological polar surface area (TPSA) is 24.4 Å². The Balaban J connectivity index is 2.67. The van der Waals surface area contributed by atoms with Gasteiger partial charge in [0.2, 0.25) is 0 Å². The number of benzene rings is 1. The fraction of sp³-hybridized carbons (Fsp3) is 0.562. The molecule has 1 rings (SSSR count). The van der Waals surface area contributed by atoms with E-state index in [9.17, 15) is 13.2 Å². The standard InChI is InChI=1S/C16H23F3N2S/c1-4-8-22-21-11-13-7-6-12(9-14(13)17)10-20-15(5-2)16(3,18)19/h6-7,9,21H,4-5,8,10-11H2,1-3H3. The monoisotopic (exact) mass is 332 g/mol. The van der Waals surface area contributed by atoms with Crippen LogP contribution in [0.5, 0.6) is 0 Å². The lowest BCUT2D eigenvalue weighted by atomic mass is 10.1. The van der Waals surface area contributed by atoms with Gasteiger partial charge in [0.1, 0.15) is 5.82 Å². The predicted molar refractivity (Wildman–Crippen MR) is 88.0 cm³/mol. The lowest BCUT2D eigenvalue weighted by molar-refractivity contribution is 0.0979. The number of alkyl halides is 2. The molecule has 2 nitrogen and oxygen atoms in total. The smallest absolute Gasteiger partial charge is 0.282 e. The lowest BCUT2D eigenvalue weighted by Gasteiger charge is -2.12. The van der Waals surface area contributed by atoms with Gasteiger partial charge >= 0.3 is 0 Å². The zero-order valence-corrected chi connectivity index (χ0v) is 14.1. The van der Waals surface area contributed by atoms with E-state index < -0.39 is 5.92 Å². The summed E-state index contributed by atoms with van der Waals surface area (Å²) in [5.41, 5.74) is 1.00. The summed E-state index contributed by atoms with van der Waals surface area (Å²) >= 11 is 1.56. The van der Waals surface area contributed by atoms with E-state index >= 15 is 0 Å². The molecular formula is C16H23F3N2S. The zero-order chi connectivity index (χ0) is 16.6. The first kappa shape index (κ1) is 19.0. The van der Waals surface area contributed by atoms with Gasteiger partial charge in [-0.15, -0.1) is 0 Å². The van der Waals surface area contributed by atoms with Crippen molar-refractivity contribution in [2.75, 3.05) is 5.75 Å². The molecule has 0 aliphatic carbocycles. The first-order valence-electron chi connectivity index (χ1n) is 7.42. The molecule has 6 heteroatoms. The second kappa shape index (κ2) is 9.20. The van der Waals surface area contributed by atoms with Gasteiger partial charge in [0, 0.05) is 24.8 Å². The van der Waals surface area contributed by atoms with Crippen molar-refractivity contribution in [1.29, 1.82) is 0 Å². The van der Waals surface area contributed by atoms with Gasteiger partial charge in [-0.25, -0.2) is 13.2 Å². The number of hydrogen-bond donors (Lipinski definition) is 1.